The van der Waals surface area contributed by atoms with Gasteiger partial charge in [-0.3, -0.25) is 9.59 Å². The van der Waals surface area contributed by atoms with Crippen molar-refractivity contribution in [2.45, 2.75) is 38.6 Å². The lowest BCUT2D eigenvalue weighted by Gasteiger charge is -2.36. The number of hydrogen-bond donors (Lipinski definition) is 0. The van der Waals surface area contributed by atoms with Gasteiger partial charge in [0.15, 0.2) is 0 Å². The van der Waals surface area contributed by atoms with E-state index in [9.17, 15) is 9.59 Å². The van der Waals surface area contributed by atoms with Crippen LogP contribution in [0, 0.1) is 11.8 Å². The highest BCUT2D eigenvalue weighted by molar-refractivity contribution is 6.30. The van der Waals surface area contributed by atoms with Gasteiger partial charge < -0.3 is 9.80 Å². The van der Waals surface area contributed by atoms with Crippen molar-refractivity contribution in [3.05, 3.63) is 34.9 Å². The molecule has 0 aromatic heterocycles. The summed E-state index contributed by atoms with van der Waals surface area (Å²) in [6.07, 6.45) is 3.81. The van der Waals surface area contributed by atoms with E-state index < -0.39 is 0 Å². The fourth-order valence-corrected chi connectivity index (χ4v) is 3.54. The number of amides is 2. The maximum atomic E-state index is 12.9. The second-order valence-corrected chi connectivity index (χ2v) is 7.51. The number of hydrogen-bond acceptors (Lipinski definition) is 2. The Morgan fingerprint density at radius 1 is 1.17 bits per heavy atom. The first kappa shape index (κ1) is 17.3. The van der Waals surface area contributed by atoms with E-state index in [2.05, 4.69) is 0 Å². The summed E-state index contributed by atoms with van der Waals surface area (Å²) in [6.45, 7) is 3.40. The van der Waals surface area contributed by atoms with Crippen molar-refractivity contribution < 1.29 is 9.59 Å². The first-order valence-electron chi connectivity index (χ1n) is 8.78. The molecule has 1 heterocycles. The van der Waals surface area contributed by atoms with Gasteiger partial charge in [0.1, 0.15) is 0 Å². The molecule has 1 aromatic rings. The molecule has 1 aliphatic carbocycles. The van der Waals surface area contributed by atoms with E-state index >= 15 is 0 Å². The summed E-state index contributed by atoms with van der Waals surface area (Å²) in [6, 6.07) is 7.61. The van der Waals surface area contributed by atoms with Crippen LogP contribution in [0.15, 0.2) is 24.3 Å². The SMILES string of the molecule is CC(c1ccc(Cl)cc1)N(C)C(=O)C1CCCN(C(=O)C2CC2)C1. The monoisotopic (exact) mass is 348 g/mol. The Labute approximate surface area is 148 Å². The van der Waals surface area contributed by atoms with E-state index in [1.165, 1.54) is 0 Å². The summed E-state index contributed by atoms with van der Waals surface area (Å²) in [5.41, 5.74) is 1.07. The lowest BCUT2D eigenvalue weighted by molar-refractivity contribution is -0.141. The average Bonchev–Trinajstić information content (AvgIpc) is 3.45. The molecule has 1 aliphatic heterocycles. The zero-order valence-corrected chi connectivity index (χ0v) is 15.1. The lowest BCUT2D eigenvalue weighted by atomic mass is 9.95. The third kappa shape index (κ3) is 3.75. The van der Waals surface area contributed by atoms with Crippen LogP contribution in [0.5, 0.6) is 0 Å². The van der Waals surface area contributed by atoms with Crippen molar-refractivity contribution in [3.8, 4) is 0 Å². The molecule has 2 amide bonds. The maximum Gasteiger partial charge on any atom is 0.227 e. The van der Waals surface area contributed by atoms with Gasteiger partial charge in [0.05, 0.1) is 12.0 Å². The van der Waals surface area contributed by atoms with Crippen molar-refractivity contribution in [1.82, 2.24) is 9.80 Å². The highest BCUT2D eigenvalue weighted by Gasteiger charge is 2.37. The van der Waals surface area contributed by atoms with Crippen LogP contribution in [-0.2, 0) is 9.59 Å². The highest BCUT2D eigenvalue weighted by atomic mass is 35.5. The molecule has 1 saturated carbocycles. The Balaban J connectivity index is 1.63. The van der Waals surface area contributed by atoms with Gasteiger partial charge in [0.25, 0.3) is 0 Å². The molecular formula is C19H25ClN2O2. The number of likely N-dealkylation sites (tertiary alicyclic amines) is 1. The normalized spacial score (nSPS) is 22.1. The van der Waals surface area contributed by atoms with Crippen LogP contribution >= 0.6 is 11.6 Å². The van der Waals surface area contributed by atoms with Gasteiger partial charge in [0.2, 0.25) is 11.8 Å². The smallest absolute Gasteiger partial charge is 0.227 e. The second kappa shape index (κ2) is 7.14. The quantitative estimate of drug-likeness (QED) is 0.835. The van der Waals surface area contributed by atoms with E-state index in [1.54, 1.807) is 4.90 Å². The van der Waals surface area contributed by atoms with Crippen LogP contribution in [0.3, 0.4) is 0 Å². The average molecular weight is 349 g/mol. The van der Waals surface area contributed by atoms with E-state index in [0.717, 1.165) is 37.8 Å². The van der Waals surface area contributed by atoms with Crippen LogP contribution in [-0.4, -0.2) is 41.8 Å². The molecule has 0 radical (unpaired) electrons. The molecule has 0 spiro atoms. The van der Waals surface area contributed by atoms with Crippen LogP contribution in [0.2, 0.25) is 5.02 Å². The molecule has 2 fully saturated rings. The van der Waals surface area contributed by atoms with Gasteiger partial charge >= 0.3 is 0 Å². The molecule has 5 heteroatoms. The van der Waals surface area contributed by atoms with Gasteiger partial charge in [0, 0.05) is 31.1 Å². The number of halogens is 1. The number of nitrogens with zero attached hydrogens (tertiary/aromatic N) is 2. The van der Waals surface area contributed by atoms with Crippen LogP contribution < -0.4 is 0 Å². The fourth-order valence-electron chi connectivity index (χ4n) is 3.41. The number of benzene rings is 1. The molecule has 2 unspecified atom stereocenters. The second-order valence-electron chi connectivity index (χ2n) is 7.07. The van der Waals surface area contributed by atoms with Gasteiger partial charge in [-0.15, -0.1) is 0 Å². The Morgan fingerprint density at radius 2 is 1.83 bits per heavy atom. The Morgan fingerprint density at radius 3 is 2.46 bits per heavy atom. The minimum atomic E-state index is -0.0822. The minimum Gasteiger partial charge on any atom is -0.342 e. The summed E-state index contributed by atoms with van der Waals surface area (Å²) in [7, 11) is 1.85. The van der Waals surface area contributed by atoms with Crippen LogP contribution in [0.4, 0.5) is 0 Å². The maximum absolute atomic E-state index is 12.9. The predicted octanol–water partition coefficient (Wildman–Crippen LogP) is 3.51. The van der Waals surface area contributed by atoms with E-state index in [1.807, 2.05) is 43.1 Å². The van der Waals surface area contributed by atoms with Crippen molar-refractivity contribution in [2.75, 3.05) is 20.1 Å². The van der Waals surface area contributed by atoms with Gasteiger partial charge in [-0.2, -0.15) is 0 Å². The molecule has 4 nitrogen and oxygen atoms in total. The highest BCUT2D eigenvalue weighted by Crippen LogP contribution is 2.33. The summed E-state index contributed by atoms with van der Waals surface area (Å²) < 4.78 is 0. The standard InChI is InChI=1S/C19H25ClN2O2/c1-13(14-7-9-17(20)10-8-14)21(2)18(23)16-4-3-11-22(12-16)19(24)15-5-6-15/h7-10,13,15-16H,3-6,11-12H2,1-2H3. The number of piperidine rings is 1. The predicted molar refractivity (Wildman–Crippen MR) is 94.7 cm³/mol. The van der Waals surface area contributed by atoms with Crippen molar-refractivity contribution in [3.63, 3.8) is 0 Å². The van der Waals surface area contributed by atoms with Crippen molar-refractivity contribution >= 4 is 23.4 Å². The molecule has 2 aliphatic rings. The molecule has 3 rings (SSSR count). The number of carbonyl (C=O) groups excluding carboxylic acids is 2. The molecule has 130 valence electrons. The Kier molecular flexibility index (Phi) is 5.14. The summed E-state index contributed by atoms with van der Waals surface area (Å²) in [5, 5.41) is 0.696. The van der Waals surface area contributed by atoms with E-state index in [4.69, 9.17) is 11.6 Å². The van der Waals surface area contributed by atoms with Gasteiger partial charge in [-0.05, 0) is 50.3 Å². The Hall–Kier alpha value is -1.55. The zero-order chi connectivity index (χ0) is 17.3. The summed E-state index contributed by atoms with van der Waals surface area (Å²) in [5.74, 6) is 0.525. The van der Waals surface area contributed by atoms with Crippen molar-refractivity contribution in [1.29, 1.82) is 0 Å². The first-order valence-corrected chi connectivity index (χ1v) is 9.16. The third-order valence-corrected chi connectivity index (χ3v) is 5.54. The molecule has 1 saturated heterocycles. The molecule has 24 heavy (non-hydrogen) atoms. The fraction of sp³-hybridized carbons (Fsp3) is 0.579. The lowest BCUT2D eigenvalue weighted by Crippen LogP contribution is -2.46. The number of rotatable bonds is 4. The van der Waals surface area contributed by atoms with Gasteiger partial charge in [-0.1, -0.05) is 23.7 Å². The van der Waals surface area contributed by atoms with Crippen LogP contribution in [0.1, 0.15) is 44.2 Å². The molecule has 0 N–H and O–H groups in total. The van der Waals surface area contributed by atoms with Gasteiger partial charge in [-0.25, -0.2) is 0 Å². The largest absolute Gasteiger partial charge is 0.342 e. The zero-order valence-electron chi connectivity index (χ0n) is 14.4. The Bertz CT molecular complexity index is 612. The number of carbonyl (C=O) groups is 2. The summed E-state index contributed by atoms with van der Waals surface area (Å²) in [4.78, 5) is 28.9. The molecule has 1 aromatic carbocycles. The first-order chi connectivity index (χ1) is 11.5. The van der Waals surface area contributed by atoms with E-state index in [-0.39, 0.29) is 29.7 Å². The summed E-state index contributed by atoms with van der Waals surface area (Å²) >= 11 is 5.94. The topological polar surface area (TPSA) is 40.6 Å². The molecule has 2 atom stereocenters. The minimum absolute atomic E-state index is 0.00993. The third-order valence-electron chi connectivity index (χ3n) is 5.29. The molecule has 0 bridgehead atoms. The van der Waals surface area contributed by atoms with E-state index in [0.29, 0.717) is 11.6 Å². The van der Waals surface area contributed by atoms with Crippen LogP contribution in [0.25, 0.3) is 0 Å². The van der Waals surface area contributed by atoms with Crippen molar-refractivity contribution in [2.24, 2.45) is 11.8 Å². The molecular weight excluding hydrogens is 324 g/mol.